The van der Waals surface area contributed by atoms with Gasteiger partial charge in [0.05, 0.1) is 0 Å². The first kappa shape index (κ1) is 21.2. The Hall–Kier alpha value is -1.12. The van der Waals surface area contributed by atoms with Crippen LogP contribution in [0.15, 0.2) is 46.1 Å². The average Bonchev–Trinajstić information content (AvgIpc) is 3.15. The highest BCUT2D eigenvalue weighted by atomic mass is 127. The summed E-state index contributed by atoms with van der Waals surface area (Å²) in [4.78, 5) is 6.91. The summed E-state index contributed by atoms with van der Waals surface area (Å²) in [6.45, 7) is 8.40. The van der Waals surface area contributed by atoms with Crippen LogP contribution in [0.25, 0.3) is 0 Å². The third-order valence-electron chi connectivity index (χ3n) is 4.94. The Morgan fingerprint density at radius 1 is 1.19 bits per heavy atom. The quantitative estimate of drug-likeness (QED) is 0.385. The molecule has 0 spiro atoms. The van der Waals surface area contributed by atoms with Crippen LogP contribution in [0.5, 0.6) is 0 Å². The third kappa shape index (κ3) is 5.44. The lowest BCUT2D eigenvalue weighted by atomic mass is 9.94. The summed E-state index contributed by atoms with van der Waals surface area (Å²) in [6.07, 6.45) is 1.13. The Bertz CT molecular complexity index is 712. The van der Waals surface area contributed by atoms with Gasteiger partial charge >= 0.3 is 0 Å². The number of benzene rings is 1. The van der Waals surface area contributed by atoms with Crippen molar-refractivity contribution >= 4 is 41.3 Å². The molecule has 0 atom stereocenters. The number of rotatable bonds is 5. The smallest absolute Gasteiger partial charge is 0.191 e. The van der Waals surface area contributed by atoms with Gasteiger partial charge in [0.15, 0.2) is 5.96 Å². The molecule has 6 heteroatoms. The van der Waals surface area contributed by atoms with Gasteiger partial charge in [-0.2, -0.15) is 11.3 Å². The largest absolute Gasteiger partial charge is 0.355 e. The first-order valence-electron chi connectivity index (χ1n) is 8.86. The average molecular weight is 484 g/mol. The molecule has 1 aromatic heterocycles. The van der Waals surface area contributed by atoms with E-state index >= 15 is 0 Å². The maximum Gasteiger partial charge on any atom is 0.191 e. The van der Waals surface area contributed by atoms with Crippen molar-refractivity contribution in [3.63, 3.8) is 0 Å². The van der Waals surface area contributed by atoms with Crippen LogP contribution in [0.1, 0.15) is 30.5 Å². The van der Waals surface area contributed by atoms with Gasteiger partial charge in [-0.15, -0.1) is 24.0 Å². The van der Waals surface area contributed by atoms with Crippen molar-refractivity contribution in [3.05, 3.63) is 57.8 Å². The number of nitrogens with one attached hydrogen (secondary N) is 2. The number of aliphatic imine (C=N–C) groups is 1. The molecule has 0 bridgehead atoms. The van der Waals surface area contributed by atoms with Gasteiger partial charge in [-0.25, -0.2) is 0 Å². The van der Waals surface area contributed by atoms with Crippen molar-refractivity contribution in [3.8, 4) is 0 Å². The van der Waals surface area contributed by atoms with Crippen LogP contribution in [0.4, 0.5) is 0 Å². The van der Waals surface area contributed by atoms with E-state index in [1.807, 2.05) is 7.05 Å². The van der Waals surface area contributed by atoms with Gasteiger partial charge in [0.2, 0.25) is 0 Å². The number of nitrogens with zero attached hydrogens (tertiary/aromatic N) is 2. The molecule has 2 N–H and O–H groups in total. The van der Waals surface area contributed by atoms with E-state index in [4.69, 9.17) is 0 Å². The standard InChI is InChI=1S/C20H28N4S.HI/c1-20(2,24-10-8-17-6-4-5-7-18(17)13-24)15-23-19(21-3)22-12-16-9-11-25-14-16;/h4-7,9,11,14H,8,10,12-13,15H2,1-3H3,(H2,21,22,23);1H. The van der Waals surface area contributed by atoms with Crippen molar-refractivity contribution in [2.75, 3.05) is 20.1 Å². The van der Waals surface area contributed by atoms with Crippen molar-refractivity contribution < 1.29 is 0 Å². The summed E-state index contributed by atoms with van der Waals surface area (Å²) in [5, 5.41) is 11.1. The zero-order valence-electron chi connectivity index (χ0n) is 15.8. The van der Waals surface area contributed by atoms with Crippen molar-refractivity contribution in [2.24, 2.45) is 4.99 Å². The number of hydrogen-bond acceptors (Lipinski definition) is 3. The molecule has 0 aliphatic carbocycles. The molecule has 0 fully saturated rings. The number of guanidine groups is 1. The van der Waals surface area contributed by atoms with Gasteiger partial charge in [0, 0.05) is 38.8 Å². The predicted octanol–water partition coefficient (Wildman–Crippen LogP) is 3.87. The molecule has 2 heterocycles. The summed E-state index contributed by atoms with van der Waals surface area (Å²) in [6, 6.07) is 10.9. The first-order valence-corrected chi connectivity index (χ1v) is 9.80. The van der Waals surface area contributed by atoms with Gasteiger partial charge in [-0.05, 0) is 53.8 Å². The fourth-order valence-corrected chi connectivity index (χ4v) is 3.89. The van der Waals surface area contributed by atoms with Gasteiger partial charge < -0.3 is 10.6 Å². The molecule has 0 unspecified atom stereocenters. The Morgan fingerprint density at radius 3 is 2.65 bits per heavy atom. The van der Waals surface area contributed by atoms with Crippen LogP contribution >= 0.6 is 35.3 Å². The monoisotopic (exact) mass is 484 g/mol. The number of fused-ring (bicyclic) bond motifs is 1. The van der Waals surface area contributed by atoms with E-state index in [9.17, 15) is 0 Å². The lowest BCUT2D eigenvalue weighted by Gasteiger charge is -2.42. The third-order valence-corrected chi connectivity index (χ3v) is 5.67. The van der Waals surface area contributed by atoms with E-state index in [2.05, 4.69) is 75.5 Å². The van der Waals surface area contributed by atoms with Crippen LogP contribution < -0.4 is 10.6 Å². The minimum absolute atomic E-state index is 0. The van der Waals surface area contributed by atoms with E-state index in [1.165, 1.54) is 16.7 Å². The van der Waals surface area contributed by atoms with Crippen LogP contribution in [0.2, 0.25) is 0 Å². The molecule has 0 amide bonds. The van der Waals surface area contributed by atoms with E-state index < -0.39 is 0 Å². The second-order valence-corrected chi connectivity index (χ2v) is 7.94. The summed E-state index contributed by atoms with van der Waals surface area (Å²) < 4.78 is 0. The molecule has 2 aromatic rings. The Balaban J connectivity index is 0.00000243. The summed E-state index contributed by atoms with van der Waals surface area (Å²) in [7, 11) is 1.83. The maximum absolute atomic E-state index is 4.35. The molecule has 3 rings (SSSR count). The highest BCUT2D eigenvalue weighted by molar-refractivity contribution is 14.0. The van der Waals surface area contributed by atoms with Crippen LogP contribution in [0.3, 0.4) is 0 Å². The van der Waals surface area contributed by atoms with Crippen molar-refractivity contribution in [1.82, 2.24) is 15.5 Å². The fraction of sp³-hybridized carbons (Fsp3) is 0.450. The van der Waals surface area contributed by atoms with Crippen LogP contribution in [0, 0.1) is 0 Å². The van der Waals surface area contributed by atoms with E-state index in [-0.39, 0.29) is 29.5 Å². The molecule has 1 aliphatic rings. The van der Waals surface area contributed by atoms with Crippen molar-refractivity contribution in [1.29, 1.82) is 0 Å². The zero-order valence-corrected chi connectivity index (χ0v) is 18.9. The SMILES string of the molecule is CN=C(NCc1ccsc1)NCC(C)(C)N1CCc2ccccc2C1.I. The zero-order chi connectivity index (χ0) is 17.7. The predicted molar refractivity (Wildman–Crippen MR) is 123 cm³/mol. The molecule has 0 radical (unpaired) electrons. The lowest BCUT2D eigenvalue weighted by Crippen LogP contribution is -2.54. The Morgan fingerprint density at radius 2 is 1.96 bits per heavy atom. The topological polar surface area (TPSA) is 39.7 Å². The molecule has 26 heavy (non-hydrogen) atoms. The molecule has 4 nitrogen and oxygen atoms in total. The number of thiophene rings is 1. The molecular formula is C20H29IN4S. The minimum atomic E-state index is 0. The highest BCUT2D eigenvalue weighted by Gasteiger charge is 2.29. The number of halogens is 1. The second kappa shape index (κ2) is 9.71. The van der Waals surface area contributed by atoms with Crippen molar-refractivity contribution in [2.45, 2.75) is 38.9 Å². The van der Waals surface area contributed by atoms with E-state index in [0.717, 1.165) is 38.6 Å². The maximum atomic E-state index is 4.35. The van der Waals surface area contributed by atoms with Gasteiger partial charge in [-0.1, -0.05) is 24.3 Å². The molecule has 0 saturated heterocycles. The van der Waals surface area contributed by atoms with Gasteiger partial charge in [0.25, 0.3) is 0 Å². The Kier molecular flexibility index (Phi) is 7.91. The first-order chi connectivity index (χ1) is 12.1. The lowest BCUT2D eigenvalue weighted by molar-refractivity contribution is 0.107. The molecule has 0 saturated carbocycles. The summed E-state index contributed by atoms with van der Waals surface area (Å²) in [5.74, 6) is 0.858. The Labute approximate surface area is 178 Å². The summed E-state index contributed by atoms with van der Waals surface area (Å²) in [5.41, 5.74) is 4.31. The van der Waals surface area contributed by atoms with E-state index in [1.54, 1.807) is 11.3 Å². The van der Waals surface area contributed by atoms with Gasteiger partial charge in [-0.3, -0.25) is 9.89 Å². The van der Waals surface area contributed by atoms with E-state index in [0.29, 0.717) is 0 Å². The minimum Gasteiger partial charge on any atom is -0.355 e. The molecule has 1 aromatic carbocycles. The van der Waals surface area contributed by atoms with Gasteiger partial charge in [0.1, 0.15) is 0 Å². The van der Waals surface area contributed by atoms with Crippen LogP contribution in [-0.2, 0) is 19.5 Å². The molecule has 1 aliphatic heterocycles. The summed E-state index contributed by atoms with van der Waals surface area (Å²) >= 11 is 1.72. The molecular weight excluding hydrogens is 455 g/mol. The highest BCUT2D eigenvalue weighted by Crippen LogP contribution is 2.24. The second-order valence-electron chi connectivity index (χ2n) is 7.16. The molecule has 142 valence electrons. The normalized spacial score (nSPS) is 15.1. The fourth-order valence-electron chi connectivity index (χ4n) is 3.22. The van der Waals surface area contributed by atoms with Crippen LogP contribution in [-0.4, -0.2) is 36.5 Å². The number of hydrogen-bond donors (Lipinski definition) is 2.